The van der Waals surface area contributed by atoms with Crippen LogP contribution in [0.1, 0.15) is 32.9 Å². The molecule has 94 valence electrons. The maximum absolute atomic E-state index is 11.2. The second kappa shape index (κ2) is 4.29. The molecule has 1 heterocycles. The summed E-state index contributed by atoms with van der Waals surface area (Å²) in [5.74, 6) is -1.01. The average molecular weight is 244 g/mol. The van der Waals surface area contributed by atoms with E-state index in [2.05, 4.69) is 16.3 Å². The van der Waals surface area contributed by atoms with E-state index < -0.39 is 5.97 Å². The summed E-state index contributed by atoms with van der Waals surface area (Å²) in [5.41, 5.74) is 5.88. The van der Waals surface area contributed by atoms with Crippen molar-refractivity contribution in [3.63, 3.8) is 0 Å². The standard InChI is InChI=1S/C14H16N2O2/c1-7-5-9(3)11(6-8(7)2)12-10(4)15-16-13(12)14(17)18/h5-6H,1-4H3,(H,15,16)(H,17,18). The van der Waals surface area contributed by atoms with Crippen LogP contribution in [0, 0.1) is 27.7 Å². The highest BCUT2D eigenvalue weighted by molar-refractivity contribution is 5.95. The van der Waals surface area contributed by atoms with Gasteiger partial charge in [-0.25, -0.2) is 4.79 Å². The van der Waals surface area contributed by atoms with E-state index >= 15 is 0 Å². The first-order valence-corrected chi connectivity index (χ1v) is 5.78. The van der Waals surface area contributed by atoms with Crippen LogP contribution < -0.4 is 0 Å². The van der Waals surface area contributed by atoms with Crippen molar-refractivity contribution in [2.75, 3.05) is 0 Å². The van der Waals surface area contributed by atoms with Crippen LogP contribution in [-0.2, 0) is 0 Å². The Labute approximate surface area is 106 Å². The van der Waals surface area contributed by atoms with Crippen LogP contribution in [0.2, 0.25) is 0 Å². The van der Waals surface area contributed by atoms with Gasteiger partial charge in [0.05, 0.1) is 0 Å². The van der Waals surface area contributed by atoms with Crippen molar-refractivity contribution in [1.29, 1.82) is 0 Å². The van der Waals surface area contributed by atoms with E-state index in [9.17, 15) is 9.90 Å². The molecule has 0 unspecified atom stereocenters. The van der Waals surface area contributed by atoms with Crippen molar-refractivity contribution in [1.82, 2.24) is 10.2 Å². The Morgan fingerprint density at radius 3 is 2.33 bits per heavy atom. The number of hydrogen-bond donors (Lipinski definition) is 2. The van der Waals surface area contributed by atoms with Gasteiger partial charge in [0.25, 0.3) is 0 Å². The van der Waals surface area contributed by atoms with E-state index in [1.165, 1.54) is 5.56 Å². The molecule has 0 spiro atoms. The number of nitrogens with one attached hydrogen (secondary N) is 1. The number of H-pyrrole nitrogens is 1. The van der Waals surface area contributed by atoms with E-state index in [4.69, 9.17) is 0 Å². The number of benzene rings is 1. The normalized spacial score (nSPS) is 10.7. The Morgan fingerprint density at radius 1 is 1.11 bits per heavy atom. The average Bonchev–Trinajstić information content (AvgIpc) is 2.66. The fraction of sp³-hybridized carbons (Fsp3) is 0.286. The number of carbonyl (C=O) groups is 1. The van der Waals surface area contributed by atoms with Crippen molar-refractivity contribution >= 4 is 5.97 Å². The van der Waals surface area contributed by atoms with Gasteiger partial charge in [0, 0.05) is 11.3 Å². The van der Waals surface area contributed by atoms with Crippen molar-refractivity contribution in [2.24, 2.45) is 0 Å². The lowest BCUT2D eigenvalue weighted by Gasteiger charge is -2.10. The molecule has 2 rings (SSSR count). The highest BCUT2D eigenvalue weighted by Crippen LogP contribution is 2.30. The summed E-state index contributed by atoms with van der Waals surface area (Å²) in [6.07, 6.45) is 0. The second-order valence-electron chi connectivity index (χ2n) is 4.63. The van der Waals surface area contributed by atoms with Gasteiger partial charge in [0.2, 0.25) is 0 Å². The number of rotatable bonds is 2. The predicted molar refractivity (Wildman–Crippen MR) is 69.9 cm³/mol. The van der Waals surface area contributed by atoms with Gasteiger partial charge in [-0.05, 0) is 49.9 Å². The zero-order valence-corrected chi connectivity index (χ0v) is 11.0. The largest absolute Gasteiger partial charge is 0.476 e. The molecule has 1 aromatic carbocycles. The predicted octanol–water partition coefficient (Wildman–Crippen LogP) is 3.01. The lowest BCUT2D eigenvalue weighted by molar-refractivity contribution is 0.0691. The van der Waals surface area contributed by atoms with Crippen LogP contribution in [0.25, 0.3) is 11.1 Å². The first-order chi connectivity index (χ1) is 8.41. The Balaban J connectivity index is 2.73. The minimum absolute atomic E-state index is 0.0823. The number of carboxylic acid groups (broad SMARTS) is 1. The van der Waals surface area contributed by atoms with E-state index in [-0.39, 0.29) is 5.69 Å². The van der Waals surface area contributed by atoms with Crippen molar-refractivity contribution in [3.8, 4) is 11.1 Å². The molecule has 0 aliphatic carbocycles. The van der Waals surface area contributed by atoms with Gasteiger partial charge in [-0.1, -0.05) is 12.1 Å². The third-order valence-electron chi connectivity index (χ3n) is 3.26. The van der Waals surface area contributed by atoms with E-state index in [1.54, 1.807) is 0 Å². The summed E-state index contributed by atoms with van der Waals surface area (Å²) in [7, 11) is 0. The smallest absolute Gasteiger partial charge is 0.357 e. The fourth-order valence-corrected chi connectivity index (χ4v) is 2.14. The number of aromatic nitrogens is 2. The molecular weight excluding hydrogens is 228 g/mol. The molecule has 0 atom stereocenters. The number of nitrogens with zero attached hydrogens (tertiary/aromatic N) is 1. The molecule has 2 N–H and O–H groups in total. The molecule has 18 heavy (non-hydrogen) atoms. The lowest BCUT2D eigenvalue weighted by atomic mass is 9.94. The molecule has 0 aliphatic rings. The zero-order valence-electron chi connectivity index (χ0n) is 11.0. The molecule has 4 heteroatoms. The van der Waals surface area contributed by atoms with Crippen LogP contribution in [0.3, 0.4) is 0 Å². The van der Waals surface area contributed by atoms with Crippen LogP contribution in [0.5, 0.6) is 0 Å². The number of aromatic carboxylic acids is 1. The van der Waals surface area contributed by atoms with Gasteiger partial charge < -0.3 is 5.11 Å². The maximum atomic E-state index is 11.2. The summed E-state index contributed by atoms with van der Waals surface area (Å²) in [4.78, 5) is 11.2. The third-order valence-corrected chi connectivity index (χ3v) is 3.26. The summed E-state index contributed by atoms with van der Waals surface area (Å²) < 4.78 is 0. The topological polar surface area (TPSA) is 66.0 Å². The molecule has 4 nitrogen and oxygen atoms in total. The van der Waals surface area contributed by atoms with Crippen LogP contribution in [0.4, 0.5) is 0 Å². The van der Waals surface area contributed by atoms with Crippen molar-refractivity contribution < 1.29 is 9.90 Å². The molecule has 0 radical (unpaired) electrons. The molecular formula is C14H16N2O2. The molecule has 0 bridgehead atoms. The van der Waals surface area contributed by atoms with Crippen LogP contribution in [-0.4, -0.2) is 21.3 Å². The number of carboxylic acids is 1. The number of hydrogen-bond acceptors (Lipinski definition) is 2. The van der Waals surface area contributed by atoms with Gasteiger partial charge >= 0.3 is 5.97 Å². The Hall–Kier alpha value is -2.10. The van der Waals surface area contributed by atoms with Crippen LogP contribution in [0.15, 0.2) is 12.1 Å². The van der Waals surface area contributed by atoms with Crippen molar-refractivity contribution in [3.05, 3.63) is 40.2 Å². The Morgan fingerprint density at radius 2 is 1.72 bits per heavy atom. The molecule has 2 aromatic rings. The summed E-state index contributed by atoms with van der Waals surface area (Å²) in [5, 5.41) is 15.8. The van der Waals surface area contributed by atoms with Gasteiger partial charge in [0.15, 0.2) is 5.69 Å². The first kappa shape index (κ1) is 12.4. The number of aryl methyl sites for hydroxylation is 4. The minimum Gasteiger partial charge on any atom is -0.476 e. The lowest BCUT2D eigenvalue weighted by Crippen LogP contribution is -2.00. The van der Waals surface area contributed by atoms with Gasteiger partial charge in [0.1, 0.15) is 0 Å². The Kier molecular flexibility index (Phi) is 2.95. The second-order valence-corrected chi connectivity index (χ2v) is 4.63. The Bertz CT molecular complexity index is 627. The SMILES string of the molecule is Cc1cc(C)c(-c2c(C(=O)O)n[nH]c2C)cc1C. The van der Waals surface area contributed by atoms with E-state index in [0.29, 0.717) is 5.56 Å². The highest BCUT2D eigenvalue weighted by atomic mass is 16.4. The van der Waals surface area contributed by atoms with Crippen LogP contribution >= 0.6 is 0 Å². The minimum atomic E-state index is -1.01. The summed E-state index contributed by atoms with van der Waals surface area (Å²) >= 11 is 0. The third kappa shape index (κ3) is 1.90. The first-order valence-electron chi connectivity index (χ1n) is 5.78. The van der Waals surface area contributed by atoms with E-state index in [1.807, 2.05) is 33.8 Å². The molecule has 0 amide bonds. The molecule has 0 aliphatic heterocycles. The molecule has 0 fully saturated rings. The molecule has 1 aromatic heterocycles. The van der Waals surface area contributed by atoms with Gasteiger partial charge in [-0.2, -0.15) is 5.10 Å². The van der Waals surface area contributed by atoms with E-state index in [0.717, 1.165) is 22.4 Å². The molecule has 0 saturated heterocycles. The number of aromatic amines is 1. The summed E-state index contributed by atoms with van der Waals surface area (Å²) in [6.45, 7) is 7.89. The molecule has 0 saturated carbocycles. The zero-order chi connectivity index (χ0) is 13.4. The van der Waals surface area contributed by atoms with Crippen molar-refractivity contribution in [2.45, 2.75) is 27.7 Å². The monoisotopic (exact) mass is 244 g/mol. The van der Waals surface area contributed by atoms with Gasteiger partial charge in [-0.15, -0.1) is 0 Å². The maximum Gasteiger partial charge on any atom is 0.357 e. The highest BCUT2D eigenvalue weighted by Gasteiger charge is 2.19. The fourth-order valence-electron chi connectivity index (χ4n) is 2.14. The quantitative estimate of drug-likeness (QED) is 0.853. The van der Waals surface area contributed by atoms with Gasteiger partial charge in [-0.3, -0.25) is 5.10 Å². The summed E-state index contributed by atoms with van der Waals surface area (Å²) in [6, 6.07) is 4.09.